The number of carbonyl (C=O) groups excluding carboxylic acids is 1. The number of aryl methyl sites for hydroxylation is 2. The van der Waals surface area contributed by atoms with Crippen molar-refractivity contribution < 1.29 is 4.79 Å². The molecule has 5 aromatic rings. The van der Waals surface area contributed by atoms with Gasteiger partial charge in [-0.05, 0) is 68.8 Å². The van der Waals surface area contributed by atoms with Crippen molar-refractivity contribution in [2.24, 2.45) is 0 Å². The third-order valence-electron chi connectivity index (χ3n) is 5.31. The summed E-state index contributed by atoms with van der Waals surface area (Å²) in [5, 5.41) is 15.5. The van der Waals surface area contributed by atoms with Gasteiger partial charge in [0.15, 0.2) is 11.0 Å². The smallest absolute Gasteiger partial charge is 0.234 e. The second kappa shape index (κ2) is 9.69. The third-order valence-corrected chi connectivity index (χ3v) is 8.21. The van der Waals surface area contributed by atoms with Crippen LogP contribution < -0.4 is 5.32 Å². The minimum Gasteiger partial charge on any atom is -0.325 e. The summed E-state index contributed by atoms with van der Waals surface area (Å²) in [5.74, 6) is 1.03. The Morgan fingerprint density at radius 2 is 1.88 bits per heavy atom. The molecule has 2 aromatic carbocycles. The Labute approximate surface area is 210 Å². The van der Waals surface area contributed by atoms with Gasteiger partial charge in [-0.15, -0.1) is 32.9 Å². The van der Waals surface area contributed by atoms with Crippen LogP contribution >= 0.6 is 34.4 Å². The molecule has 0 fully saturated rings. The molecule has 172 valence electrons. The van der Waals surface area contributed by atoms with Crippen molar-refractivity contribution in [1.82, 2.24) is 19.7 Å². The topological polar surface area (TPSA) is 72.7 Å². The molecule has 0 aliphatic rings. The molecule has 0 saturated carbocycles. The second-order valence-electron chi connectivity index (χ2n) is 7.90. The number of aromatic nitrogens is 4. The second-order valence-corrected chi connectivity index (χ2v) is 11.0. The lowest BCUT2D eigenvalue weighted by Gasteiger charge is -2.07. The highest BCUT2D eigenvalue weighted by Gasteiger charge is 2.15. The number of nitrogens with one attached hydrogen (secondary N) is 1. The van der Waals surface area contributed by atoms with E-state index in [2.05, 4.69) is 65.9 Å². The van der Waals surface area contributed by atoms with Crippen LogP contribution in [-0.4, -0.2) is 31.4 Å². The minimum atomic E-state index is -0.0770. The SMILES string of the molecule is CCn1c(SCC(=O)Nc2ccc(-c3nc4ccc(C)cc4s3)cc2)nnc1-c1csc(C)c1. The van der Waals surface area contributed by atoms with Crippen molar-refractivity contribution in [2.45, 2.75) is 32.5 Å². The Balaban J connectivity index is 1.22. The number of rotatable bonds is 7. The van der Waals surface area contributed by atoms with Crippen LogP contribution in [0, 0.1) is 13.8 Å². The number of carbonyl (C=O) groups is 1. The quantitative estimate of drug-likeness (QED) is 0.251. The van der Waals surface area contributed by atoms with Crippen molar-refractivity contribution in [3.05, 3.63) is 64.4 Å². The lowest BCUT2D eigenvalue weighted by atomic mass is 10.2. The Morgan fingerprint density at radius 3 is 2.62 bits per heavy atom. The zero-order valence-corrected chi connectivity index (χ0v) is 21.5. The van der Waals surface area contributed by atoms with Gasteiger partial charge in [0.25, 0.3) is 0 Å². The molecular formula is C25H23N5OS3. The molecule has 0 aliphatic carbocycles. The molecule has 9 heteroatoms. The highest BCUT2D eigenvalue weighted by molar-refractivity contribution is 7.99. The third kappa shape index (κ3) is 4.77. The number of amides is 1. The van der Waals surface area contributed by atoms with E-state index < -0.39 is 0 Å². The first kappa shape index (κ1) is 22.8. The maximum Gasteiger partial charge on any atom is 0.234 e. The van der Waals surface area contributed by atoms with Crippen molar-refractivity contribution in [2.75, 3.05) is 11.1 Å². The van der Waals surface area contributed by atoms with E-state index in [9.17, 15) is 4.79 Å². The van der Waals surface area contributed by atoms with Gasteiger partial charge in [0.1, 0.15) is 5.01 Å². The molecule has 6 nitrogen and oxygen atoms in total. The molecule has 3 heterocycles. The number of hydrogen-bond acceptors (Lipinski definition) is 7. The van der Waals surface area contributed by atoms with E-state index in [0.29, 0.717) is 0 Å². The van der Waals surface area contributed by atoms with Crippen LogP contribution in [0.3, 0.4) is 0 Å². The molecule has 1 N–H and O–H groups in total. The zero-order chi connectivity index (χ0) is 23.7. The van der Waals surface area contributed by atoms with E-state index >= 15 is 0 Å². The Hall–Kier alpha value is -3.01. The average molecular weight is 506 g/mol. The lowest BCUT2D eigenvalue weighted by molar-refractivity contribution is -0.113. The molecule has 0 bridgehead atoms. The summed E-state index contributed by atoms with van der Waals surface area (Å²) in [6.07, 6.45) is 0. The summed E-state index contributed by atoms with van der Waals surface area (Å²) >= 11 is 4.77. The van der Waals surface area contributed by atoms with Gasteiger partial charge in [0.05, 0.1) is 16.0 Å². The van der Waals surface area contributed by atoms with E-state index in [0.717, 1.165) is 44.9 Å². The highest BCUT2D eigenvalue weighted by Crippen LogP contribution is 2.31. The standard InChI is InChI=1S/C25H23N5OS3/c1-4-30-23(18-12-16(3)32-13-18)28-29-25(30)33-14-22(31)26-19-8-6-17(7-9-19)24-27-20-10-5-15(2)11-21(20)34-24/h5-13H,4,14H2,1-3H3,(H,26,31). The highest BCUT2D eigenvalue weighted by atomic mass is 32.2. The van der Waals surface area contributed by atoms with E-state index in [4.69, 9.17) is 4.98 Å². The van der Waals surface area contributed by atoms with Gasteiger partial charge in [0, 0.05) is 33.6 Å². The maximum atomic E-state index is 12.6. The van der Waals surface area contributed by atoms with E-state index in [1.807, 2.05) is 28.8 Å². The number of thiazole rings is 1. The Bertz CT molecular complexity index is 1470. The average Bonchev–Trinajstić information content (AvgIpc) is 3.55. The predicted molar refractivity (Wildman–Crippen MR) is 143 cm³/mol. The molecule has 0 atom stereocenters. The normalized spacial score (nSPS) is 11.3. The van der Waals surface area contributed by atoms with Gasteiger partial charge < -0.3 is 9.88 Å². The predicted octanol–water partition coefficient (Wildman–Crippen LogP) is 6.65. The molecule has 0 radical (unpaired) electrons. The first-order valence-corrected chi connectivity index (χ1v) is 13.6. The van der Waals surface area contributed by atoms with Gasteiger partial charge in [-0.1, -0.05) is 17.8 Å². The van der Waals surface area contributed by atoms with Crippen molar-refractivity contribution >= 4 is 56.2 Å². The zero-order valence-electron chi connectivity index (χ0n) is 19.0. The van der Waals surface area contributed by atoms with Crippen LogP contribution in [0.2, 0.25) is 0 Å². The fourth-order valence-electron chi connectivity index (χ4n) is 3.63. The van der Waals surface area contributed by atoms with Gasteiger partial charge >= 0.3 is 0 Å². The minimum absolute atomic E-state index is 0.0770. The summed E-state index contributed by atoms with van der Waals surface area (Å²) in [7, 11) is 0. The number of thiophene rings is 1. The van der Waals surface area contributed by atoms with Crippen LogP contribution in [-0.2, 0) is 11.3 Å². The lowest BCUT2D eigenvalue weighted by Crippen LogP contribution is -2.14. The van der Waals surface area contributed by atoms with Crippen LogP contribution in [0.15, 0.2) is 59.1 Å². The first-order valence-electron chi connectivity index (χ1n) is 10.9. The monoisotopic (exact) mass is 505 g/mol. The molecule has 0 unspecified atom stereocenters. The summed E-state index contributed by atoms with van der Waals surface area (Å²) in [4.78, 5) is 18.5. The van der Waals surface area contributed by atoms with Crippen molar-refractivity contribution in [1.29, 1.82) is 0 Å². The maximum absolute atomic E-state index is 12.6. The molecule has 34 heavy (non-hydrogen) atoms. The number of nitrogens with zero attached hydrogens (tertiary/aromatic N) is 4. The van der Waals surface area contributed by atoms with Gasteiger partial charge in [-0.25, -0.2) is 4.98 Å². The van der Waals surface area contributed by atoms with Gasteiger partial charge in [-0.2, -0.15) is 0 Å². The number of fused-ring (bicyclic) bond motifs is 1. The van der Waals surface area contributed by atoms with Gasteiger partial charge in [0.2, 0.25) is 5.91 Å². The van der Waals surface area contributed by atoms with Crippen molar-refractivity contribution in [3.63, 3.8) is 0 Å². The summed E-state index contributed by atoms with van der Waals surface area (Å²) in [5.41, 5.74) is 5.11. The molecule has 1 amide bonds. The molecular weight excluding hydrogens is 483 g/mol. The molecule has 0 saturated heterocycles. The summed E-state index contributed by atoms with van der Waals surface area (Å²) < 4.78 is 3.23. The Morgan fingerprint density at radius 1 is 1.06 bits per heavy atom. The van der Waals surface area contributed by atoms with Crippen LogP contribution in [0.1, 0.15) is 17.4 Å². The fraction of sp³-hybridized carbons (Fsp3) is 0.200. The van der Waals surface area contributed by atoms with E-state index in [1.54, 1.807) is 22.7 Å². The fourth-order valence-corrected chi connectivity index (χ4v) is 6.19. The van der Waals surface area contributed by atoms with Gasteiger partial charge in [-0.3, -0.25) is 4.79 Å². The molecule has 3 aromatic heterocycles. The van der Waals surface area contributed by atoms with Crippen LogP contribution in [0.4, 0.5) is 5.69 Å². The van der Waals surface area contributed by atoms with E-state index in [-0.39, 0.29) is 11.7 Å². The van der Waals surface area contributed by atoms with Crippen LogP contribution in [0.5, 0.6) is 0 Å². The molecule has 0 aliphatic heterocycles. The number of benzene rings is 2. The van der Waals surface area contributed by atoms with Crippen molar-refractivity contribution in [3.8, 4) is 22.0 Å². The van der Waals surface area contributed by atoms with E-state index in [1.165, 1.54) is 26.9 Å². The summed E-state index contributed by atoms with van der Waals surface area (Å²) in [6.45, 7) is 6.97. The van der Waals surface area contributed by atoms with Crippen LogP contribution in [0.25, 0.3) is 32.2 Å². The number of anilines is 1. The number of hydrogen-bond donors (Lipinski definition) is 1. The Kier molecular flexibility index (Phi) is 6.49. The molecule has 5 rings (SSSR count). The summed E-state index contributed by atoms with van der Waals surface area (Å²) in [6, 6.07) is 16.2. The first-order chi connectivity index (χ1) is 16.5. The molecule has 0 spiro atoms. The largest absolute Gasteiger partial charge is 0.325 e. The number of thioether (sulfide) groups is 1.